The highest BCUT2D eigenvalue weighted by Crippen LogP contribution is 2.25. The number of piperidine rings is 1. The number of β-amino-alcohol motifs (C(OH)–C–C–N with tert-alkyl or cyclic N) is 1. The Kier molecular flexibility index (Phi) is 5.57. The van der Waals surface area contributed by atoms with E-state index in [0.717, 1.165) is 57.9 Å². The lowest BCUT2D eigenvalue weighted by atomic mass is 9.92. The molecule has 23 heavy (non-hydrogen) atoms. The van der Waals surface area contributed by atoms with Crippen LogP contribution < -0.4 is 4.74 Å². The number of hydrogen-bond acceptors (Lipinski definition) is 4. The van der Waals surface area contributed by atoms with E-state index in [-0.39, 0.29) is 0 Å². The molecular formula is C19H30N2O2. The number of nitrogens with zero attached hydrogens (tertiary/aromatic N) is 2. The Morgan fingerprint density at radius 1 is 1.04 bits per heavy atom. The standard InChI is InChI=1S/C19H30N2O2/c1-2-23-18-8-6-17(7-9-18)14-21-13-5-10-19(22,16-21)15-20-11-3-4-12-20/h6-9,22H,2-5,10-16H2,1H3. The molecule has 1 aromatic rings. The van der Waals surface area contributed by atoms with Gasteiger partial charge >= 0.3 is 0 Å². The van der Waals surface area contributed by atoms with Gasteiger partial charge in [0.25, 0.3) is 0 Å². The Morgan fingerprint density at radius 3 is 2.43 bits per heavy atom. The van der Waals surface area contributed by atoms with Gasteiger partial charge in [-0.25, -0.2) is 0 Å². The quantitative estimate of drug-likeness (QED) is 0.874. The zero-order chi connectivity index (χ0) is 16.1. The van der Waals surface area contributed by atoms with E-state index in [2.05, 4.69) is 21.9 Å². The smallest absolute Gasteiger partial charge is 0.119 e. The molecule has 128 valence electrons. The number of rotatable bonds is 6. The van der Waals surface area contributed by atoms with Gasteiger partial charge in [-0.2, -0.15) is 0 Å². The van der Waals surface area contributed by atoms with Crippen molar-refractivity contribution in [3.05, 3.63) is 29.8 Å². The molecule has 4 nitrogen and oxygen atoms in total. The molecule has 0 radical (unpaired) electrons. The van der Waals surface area contributed by atoms with E-state index in [1.807, 2.05) is 19.1 Å². The van der Waals surface area contributed by atoms with Crippen molar-refractivity contribution in [3.63, 3.8) is 0 Å². The van der Waals surface area contributed by atoms with Gasteiger partial charge in [-0.1, -0.05) is 12.1 Å². The highest BCUT2D eigenvalue weighted by Gasteiger charge is 2.35. The summed E-state index contributed by atoms with van der Waals surface area (Å²) in [5.41, 5.74) is 0.757. The average molecular weight is 318 g/mol. The van der Waals surface area contributed by atoms with Crippen LogP contribution in [0.1, 0.15) is 38.2 Å². The topological polar surface area (TPSA) is 35.9 Å². The first-order chi connectivity index (χ1) is 11.2. The second kappa shape index (κ2) is 7.65. The lowest BCUT2D eigenvalue weighted by Crippen LogP contribution is -2.53. The van der Waals surface area contributed by atoms with E-state index in [1.165, 1.54) is 18.4 Å². The number of likely N-dealkylation sites (tertiary alicyclic amines) is 2. The van der Waals surface area contributed by atoms with E-state index in [1.54, 1.807) is 0 Å². The van der Waals surface area contributed by atoms with Crippen LogP contribution in [0.2, 0.25) is 0 Å². The minimum atomic E-state index is -0.534. The predicted molar refractivity (Wildman–Crippen MR) is 92.7 cm³/mol. The van der Waals surface area contributed by atoms with Crippen LogP contribution >= 0.6 is 0 Å². The van der Waals surface area contributed by atoms with Crippen molar-refractivity contribution in [2.75, 3.05) is 39.3 Å². The minimum absolute atomic E-state index is 0.534. The van der Waals surface area contributed by atoms with Crippen LogP contribution in [0.25, 0.3) is 0 Å². The molecule has 2 aliphatic heterocycles. The fourth-order valence-corrected chi connectivity index (χ4v) is 3.94. The van der Waals surface area contributed by atoms with Crippen LogP contribution in [-0.4, -0.2) is 59.8 Å². The van der Waals surface area contributed by atoms with Gasteiger partial charge in [-0.15, -0.1) is 0 Å². The summed E-state index contributed by atoms with van der Waals surface area (Å²) in [4.78, 5) is 4.83. The van der Waals surface area contributed by atoms with Crippen molar-refractivity contribution in [2.45, 2.75) is 44.8 Å². The molecule has 0 bridgehead atoms. The maximum Gasteiger partial charge on any atom is 0.119 e. The minimum Gasteiger partial charge on any atom is -0.494 e. The van der Waals surface area contributed by atoms with Crippen molar-refractivity contribution in [3.8, 4) is 5.75 Å². The average Bonchev–Trinajstić information content (AvgIpc) is 3.02. The summed E-state index contributed by atoms with van der Waals surface area (Å²) in [6, 6.07) is 8.36. The van der Waals surface area contributed by atoms with E-state index >= 15 is 0 Å². The van der Waals surface area contributed by atoms with Gasteiger partial charge in [-0.3, -0.25) is 4.90 Å². The highest BCUT2D eigenvalue weighted by atomic mass is 16.5. The summed E-state index contributed by atoms with van der Waals surface area (Å²) in [6.45, 7) is 8.63. The normalized spacial score (nSPS) is 26.5. The molecule has 1 atom stereocenters. The van der Waals surface area contributed by atoms with Crippen LogP contribution in [0.5, 0.6) is 5.75 Å². The first-order valence-corrected chi connectivity index (χ1v) is 9.06. The number of hydrogen-bond donors (Lipinski definition) is 1. The Bertz CT molecular complexity index is 485. The fourth-order valence-electron chi connectivity index (χ4n) is 3.94. The Labute approximate surface area is 140 Å². The number of aliphatic hydroxyl groups is 1. The molecule has 0 spiro atoms. The molecule has 0 aliphatic carbocycles. The molecule has 1 aromatic carbocycles. The SMILES string of the molecule is CCOc1ccc(CN2CCCC(O)(CN3CCCC3)C2)cc1. The van der Waals surface area contributed by atoms with Crippen molar-refractivity contribution >= 4 is 0 Å². The summed E-state index contributed by atoms with van der Waals surface area (Å²) in [5.74, 6) is 0.931. The zero-order valence-corrected chi connectivity index (χ0v) is 14.3. The van der Waals surface area contributed by atoms with Gasteiger partial charge in [0.1, 0.15) is 5.75 Å². The molecule has 4 heteroatoms. The number of benzene rings is 1. The first-order valence-electron chi connectivity index (χ1n) is 9.06. The van der Waals surface area contributed by atoms with Crippen molar-refractivity contribution in [2.24, 2.45) is 0 Å². The third kappa shape index (κ3) is 4.69. The monoisotopic (exact) mass is 318 g/mol. The van der Waals surface area contributed by atoms with Gasteiger partial charge in [0.05, 0.1) is 12.2 Å². The summed E-state index contributed by atoms with van der Waals surface area (Å²) >= 11 is 0. The second-order valence-electron chi connectivity index (χ2n) is 7.10. The maximum absolute atomic E-state index is 11.0. The fraction of sp³-hybridized carbons (Fsp3) is 0.684. The molecule has 0 amide bonds. The van der Waals surface area contributed by atoms with Gasteiger partial charge in [-0.05, 0) is 69.9 Å². The van der Waals surface area contributed by atoms with E-state index in [9.17, 15) is 5.11 Å². The third-order valence-electron chi connectivity index (χ3n) is 4.99. The van der Waals surface area contributed by atoms with Crippen molar-refractivity contribution in [1.29, 1.82) is 0 Å². The molecule has 0 aromatic heterocycles. The molecule has 1 N–H and O–H groups in total. The molecule has 0 saturated carbocycles. The molecule has 2 aliphatic rings. The van der Waals surface area contributed by atoms with Crippen LogP contribution in [0.4, 0.5) is 0 Å². The molecule has 3 rings (SSSR count). The maximum atomic E-state index is 11.0. The number of ether oxygens (including phenoxy) is 1. The van der Waals surface area contributed by atoms with Crippen molar-refractivity contribution in [1.82, 2.24) is 9.80 Å². The van der Waals surface area contributed by atoms with Crippen LogP contribution in [-0.2, 0) is 6.54 Å². The van der Waals surface area contributed by atoms with Crippen LogP contribution in [0.3, 0.4) is 0 Å². The van der Waals surface area contributed by atoms with Gasteiger partial charge in [0.2, 0.25) is 0 Å². The summed E-state index contributed by atoms with van der Waals surface area (Å²) in [6.07, 6.45) is 4.59. The predicted octanol–water partition coefficient (Wildman–Crippen LogP) is 2.51. The zero-order valence-electron chi connectivity index (χ0n) is 14.3. The molecule has 1 unspecified atom stereocenters. The Morgan fingerprint density at radius 2 is 1.74 bits per heavy atom. The lowest BCUT2D eigenvalue weighted by Gasteiger charge is -2.41. The van der Waals surface area contributed by atoms with E-state index in [4.69, 9.17) is 4.74 Å². The van der Waals surface area contributed by atoms with Crippen LogP contribution in [0, 0.1) is 0 Å². The van der Waals surface area contributed by atoms with Crippen molar-refractivity contribution < 1.29 is 9.84 Å². The van der Waals surface area contributed by atoms with Crippen LogP contribution in [0.15, 0.2) is 24.3 Å². The summed E-state index contributed by atoms with van der Waals surface area (Å²) in [5, 5.41) is 11.0. The van der Waals surface area contributed by atoms with E-state index in [0.29, 0.717) is 6.61 Å². The first kappa shape index (κ1) is 16.7. The third-order valence-corrected chi connectivity index (χ3v) is 4.99. The largest absolute Gasteiger partial charge is 0.494 e. The molecular weight excluding hydrogens is 288 g/mol. The molecule has 2 fully saturated rings. The molecule has 2 saturated heterocycles. The van der Waals surface area contributed by atoms with E-state index < -0.39 is 5.60 Å². The summed E-state index contributed by atoms with van der Waals surface area (Å²) in [7, 11) is 0. The highest BCUT2D eigenvalue weighted by molar-refractivity contribution is 5.27. The lowest BCUT2D eigenvalue weighted by molar-refractivity contribution is -0.0519. The van der Waals surface area contributed by atoms with Gasteiger partial charge in [0.15, 0.2) is 0 Å². The van der Waals surface area contributed by atoms with Gasteiger partial charge in [0, 0.05) is 19.6 Å². The summed E-state index contributed by atoms with van der Waals surface area (Å²) < 4.78 is 5.50. The molecule has 2 heterocycles. The Balaban J connectivity index is 1.55. The Hall–Kier alpha value is -1.10. The van der Waals surface area contributed by atoms with Gasteiger partial charge < -0.3 is 14.7 Å². The second-order valence-corrected chi connectivity index (χ2v) is 7.10.